The second-order valence-electron chi connectivity index (χ2n) is 7.57. The summed E-state index contributed by atoms with van der Waals surface area (Å²) in [6.07, 6.45) is 1.87. The van der Waals surface area contributed by atoms with E-state index in [1.807, 2.05) is 0 Å². The predicted octanol–water partition coefficient (Wildman–Crippen LogP) is 3.30. The molecule has 1 atom stereocenters. The molecule has 0 radical (unpaired) electrons. The fraction of sp³-hybridized carbons (Fsp3) is 0.409. The van der Waals surface area contributed by atoms with Crippen LogP contribution >= 0.6 is 0 Å². The Hall–Kier alpha value is -2.81. The maximum atomic E-state index is 14.6. The van der Waals surface area contributed by atoms with E-state index >= 15 is 0 Å². The van der Waals surface area contributed by atoms with E-state index in [1.165, 1.54) is 56.7 Å². The van der Waals surface area contributed by atoms with Gasteiger partial charge in [-0.25, -0.2) is 12.8 Å². The second-order valence-corrected chi connectivity index (χ2v) is 9.43. The monoisotopic (exact) mass is 450 g/mol. The van der Waals surface area contributed by atoms with E-state index < -0.39 is 22.4 Å². The minimum Gasteiger partial charge on any atom is -0.493 e. The SMILES string of the molecule is COc1ccc(S(=O)(=O)N(CC(=O)N2CCCC(C)C2)c2ccccc2F)cc1OC. The summed E-state index contributed by atoms with van der Waals surface area (Å²) in [4.78, 5) is 14.5. The molecule has 0 bridgehead atoms. The molecule has 0 saturated carbocycles. The number of piperidine rings is 1. The fourth-order valence-corrected chi connectivity index (χ4v) is 5.13. The van der Waals surface area contributed by atoms with Gasteiger partial charge in [0, 0.05) is 19.2 Å². The number of carbonyl (C=O) groups excluding carboxylic acids is 1. The number of halogens is 1. The van der Waals surface area contributed by atoms with Crippen LogP contribution < -0.4 is 13.8 Å². The molecule has 1 aliphatic rings. The Morgan fingerprint density at radius 1 is 1.16 bits per heavy atom. The zero-order chi connectivity index (χ0) is 22.6. The topological polar surface area (TPSA) is 76.2 Å². The average Bonchev–Trinajstić information content (AvgIpc) is 2.77. The molecule has 2 aromatic carbocycles. The molecule has 0 N–H and O–H groups in total. The number of nitrogens with zero attached hydrogens (tertiary/aromatic N) is 2. The van der Waals surface area contributed by atoms with Crippen LogP contribution in [0.4, 0.5) is 10.1 Å². The van der Waals surface area contributed by atoms with Gasteiger partial charge in [-0.1, -0.05) is 19.1 Å². The summed E-state index contributed by atoms with van der Waals surface area (Å²) in [6.45, 7) is 2.67. The molecule has 0 spiro atoms. The lowest BCUT2D eigenvalue weighted by molar-refractivity contribution is -0.131. The number of methoxy groups -OCH3 is 2. The first kappa shape index (κ1) is 22.9. The third kappa shape index (κ3) is 4.92. The van der Waals surface area contributed by atoms with Crippen LogP contribution in [0.3, 0.4) is 0 Å². The van der Waals surface area contributed by atoms with Crippen LogP contribution in [0.15, 0.2) is 47.4 Å². The van der Waals surface area contributed by atoms with Gasteiger partial charge in [0.25, 0.3) is 10.0 Å². The Bertz CT molecular complexity index is 1040. The molecule has 1 heterocycles. The molecule has 168 valence electrons. The van der Waals surface area contributed by atoms with Gasteiger partial charge in [-0.05, 0) is 43.0 Å². The van der Waals surface area contributed by atoms with Gasteiger partial charge in [0.15, 0.2) is 11.5 Å². The first-order valence-corrected chi connectivity index (χ1v) is 11.5. The number of likely N-dealkylation sites (tertiary alicyclic amines) is 1. The Labute approximate surface area is 182 Å². The molecule has 1 fully saturated rings. The van der Waals surface area contributed by atoms with Crippen molar-refractivity contribution in [2.45, 2.75) is 24.7 Å². The molecular weight excluding hydrogens is 423 g/mol. The number of carbonyl (C=O) groups is 1. The zero-order valence-electron chi connectivity index (χ0n) is 17.9. The number of amides is 1. The lowest BCUT2D eigenvalue weighted by atomic mass is 10.0. The molecule has 1 unspecified atom stereocenters. The van der Waals surface area contributed by atoms with Gasteiger partial charge in [0.05, 0.1) is 24.8 Å². The minimum absolute atomic E-state index is 0.131. The van der Waals surface area contributed by atoms with E-state index in [-0.39, 0.29) is 22.2 Å². The lowest BCUT2D eigenvalue weighted by Crippen LogP contribution is -2.46. The largest absolute Gasteiger partial charge is 0.493 e. The third-order valence-electron chi connectivity index (χ3n) is 5.35. The standard InChI is InChI=1S/C22H27FN2O5S/c1-16-7-6-12-24(14-16)22(26)15-25(19-9-5-4-8-18(19)23)31(27,28)17-10-11-20(29-2)21(13-17)30-3/h4-5,8-11,13,16H,6-7,12,14-15H2,1-3H3. The van der Waals surface area contributed by atoms with Crippen molar-refractivity contribution in [2.75, 3.05) is 38.2 Å². The second kappa shape index (κ2) is 9.55. The summed E-state index contributed by atoms with van der Waals surface area (Å²) in [5, 5.41) is 0. The predicted molar refractivity (Wildman–Crippen MR) is 115 cm³/mol. The number of hydrogen-bond donors (Lipinski definition) is 0. The average molecular weight is 451 g/mol. The third-order valence-corrected chi connectivity index (χ3v) is 7.11. The molecule has 9 heteroatoms. The Morgan fingerprint density at radius 3 is 2.52 bits per heavy atom. The number of anilines is 1. The van der Waals surface area contributed by atoms with Gasteiger partial charge in [0.1, 0.15) is 12.4 Å². The summed E-state index contributed by atoms with van der Waals surface area (Å²) < 4.78 is 52.9. The van der Waals surface area contributed by atoms with Gasteiger partial charge in [-0.15, -0.1) is 0 Å². The van der Waals surface area contributed by atoms with Crippen LogP contribution in [-0.4, -0.2) is 53.1 Å². The van der Waals surface area contributed by atoms with E-state index in [1.54, 1.807) is 4.90 Å². The first-order valence-electron chi connectivity index (χ1n) is 10.0. The van der Waals surface area contributed by atoms with Gasteiger partial charge < -0.3 is 14.4 Å². The minimum atomic E-state index is -4.27. The number of sulfonamides is 1. The Balaban J connectivity index is 2.02. The number of hydrogen-bond acceptors (Lipinski definition) is 5. The molecule has 0 aliphatic carbocycles. The molecule has 7 nitrogen and oxygen atoms in total. The first-order chi connectivity index (χ1) is 14.8. The Morgan fingerprint density at radius 2 is 1.87 bits per heavy atom. The molecule has 1 aliphatic heterocycles. The van der Waals surface area contributed by atoms with Crippen molar-refractivity contribution >= 4 is 21.6 Å². The van der Waals surface area contributed by atoms with E-state index in [2.05, 4.69) is 6.92 Å². The smallest absolute Gasteiger partial charge is 0.265 e. The van der Waals surface area contributed by atoms with Gasteiger partial charge in [-0.3, -0.25) is 9.10 Å². The summed E-state index contributed by atoms with van der Waals surface area (Å²) in [5.74, 6) is -0.183. The quantitative estimate of drug-likeness (QED) is 0.647. The highest BCUT2D eigenvalue weighted by Gasteiger charge is 2.32. The molecule has 3 rings (SSSR count). The molecule has 0 aromatic heterocycles. The molecule has 31 heavy (non-hydrogen) atoms. The van der Waals surface area contributed by atoms with Crippen molar-refractivity contribution in [1.82, 2.24) is 4.90 Å². The number of ether oxygens (including phenoxy) is 2. The highest BCUT2D eigenvalue weighted by atomic mass is 32.2. The fourth-order valence-electron chi connectivity index (χ4n) is 3.70. The maximum absolute atomic E-state index is 14.6. The van der Waals surface area contributed by atoms with E-state index in [0.29, 0.717) is 24.8 Å². The molecular formula is C22H27FN2O5S. The number of rotatable bonds is 7. The molecule has 1 amide bonds. The van der Waals surface area contributed by atoms with Crippen molar-refractivity contribution in [3.63, 3.8) is 0 Å². The van der Waals surface area contributed by atoms with Gasteiger partial charge >= 0.3 is 0 Å². The van der Waals surface area contributed by atoms with Crippen molar-refractivity contribution in [2.24, 2.45) is 5.92 Å². The van der Waals surface area contributed by atoms with E-state index in [9.17, 15) is 17.6 Å². The van der Waals surface area contributed by atoms with Crippen molar-refractivity contribution in [1.29, 1.82) is 0 Å². The van der Waals surface area contributed by atoms with Crippen LogP contribution in [0.2, 0.25) is 0 Å². The number of benzene rings is 2. The van der Waals surface area contributed by atoms with Crippen molar-refractivity contribution in [3.8, 4) is 11.5 Å². The summed E-state index contributed by atoms with van der Waals surface area (Å²) in [7, 11) is -1.44. The van der Waals surface area contributed by atoms with Crippen molar-refractivity contribution in [3.05, 3.63) is 48.3 Å². The highest BCUT2D eigenvalue weighted by Crippen LogP contribution is 2.33. The summed E-state index contributed by atoms with van der Waals surface area (Å²) in [6, 6.07) is 9.61. The maximum Gasteiger partial charge on any atom is 0.265 e. The van der Waals surface area contributed by atoms with Crippen LogP contribution in [0.1, 0.15) is 19.8 Å². The lowest BCUT2D eigenvalue weighted by Gasteiger charge is -2.33. The Kier molecular flexibility index (Phi) is 7.04. The summed E-state index contributed by atoms with van der Waals surface area (Å²) in [5.41, 5.74) is -0.185. The van der Waals surface area contributed by atoms with Gasteiger partial charge in [-0.2, -0.15) is 0 Å². The molecule has 2 aromatic rings. The highest BCUT2D eigenvalue weighted by molar-refractivity contribution is 7.92. The zero-order valence-corrected chi connectivity index (χ0v) is 18.7. The normalized spacial score (nSPS) is 16.6. The van der Waals surface area contributed by atoms with Crippen LogP contribution in [-0.2, 0) is 14.8 Å². The van der Waals surface area contributed by atoms with Gasteiger partial charge in [0.2, 0.25) is 5.91 Å². The van der Waals surface area contributed by atoms with E-state index in [0.717, 1.165) is 17.1 Å². The summed E-state index contributed by atoms with van der Waals surface area (Å²) >= 11 is 0. The van der Waals surface area contributed by atoms with Crippen LogP contribution in [0.5, 0.6) is 11.5 Å². The van der Waals surface area contributed by atoms with Crippen LogP contribution in [0.25, 0.3) is 0 Å². The van der Waals surface area contributed by atoms with Crippen molar-refractivity contribution < 1.29 is 27.1 Å². The number of para-hydroxylation sites is 1. The molecule has 1 saturated heterocycles. The van der Waals surface area contributed by atoms with E-state index in [4.69, 9.17) is 9.47 Å². The van der Waals surface area contributed by atoms with Crippen LogP contribution in [0, 0.1) is 11.7 Å².